The summed E-state index contributed by atoms with van der Waals surface area (Å²) < 4.78 is 3.39. The van der Waals surface area contributed by atoms with E-state index < -0.39 is 0 Å². The van der Waals surface area contributed by atoms with Crippen LogP contribution in [0.15, 0.2) is 37.1 Å². The SMILES string of the molecule is CNc1cnn(-c2ccnc(Nc3cnn(C)c3)n2)c1. The Bertz CT molecular complexity index is 714. The van der Waals surface area contributed by atoms with Crippen LogP contribution in [0.3, 0.4) is 0 Å². The molecule has 0 fully saturated rings. The van der Waals surface area contributed by atoms with Crippen LogP contribution in [0, 0.1) is 0 Å². The molecule has 8 heteroatoms. The van der Waals surface area contributed by atoms with E-state index in [9.17, 15) is 0 Å². The summed E-state index contributed by atoms with van der Waals surface area (Å²) in [7, 11) is 3.70. The van der Waals surface area contributed by atoms with Crippen molar-refractivity contribution < 1.29 is 0 Å². The number of rotatable bonds is 4. The molecule has 3 rings (SSSR count). The van der Waals surface area contributed by atoms with E-state index in [1.807, 2.05) is 26.5 Å². The maximum atomic E-state index is 4.41. The Morgan fingerprint density at radius 1 is 1.10 bits per heavy atom. The monoisotopic (exact) mass is 270 g/mol. The van der Waals surface area contributed by atoms with Gasteiger partial charge < -0.3 is 10.6 Å². The van der Waals surface area contributed by atoms with E-state index in [2.05, 4.69) is 30.8 Å². The van der Waals surface area contributed by atoms with Gasteiger partial charge in [0.1, 0.15) is 0 Å². The fourth-order valence-corrected chi connectivity index (χ4v) is 1.73. The lowest BCUT2D eigenvalue weighted by atomic mass is 10.5. The largest absolute Gasteiger partial charge is 0.386 e. The molecule has 0 atom stereocenters. The highest BCUT2D eigenvalue weighted by molar-refractivity contribution is 5.51. The molecule has 0 amide bonds. The maximum absolute atomic E-state index is 4.41. The van der Waals surface area contributed by atoms with Gasteiger partial charge >= 0.3 is 0 Å². The Morgan fingerprint density at radius 2 is 1.95 bits per heavy atom. The van der Waals surface area contributed by atoms with Gasteiger partial charge in [-0.1, -0.05) is 0 Å². The molecular weight excluding hydrogens is 256 g/mol. The predicted octanol–water partition coefficient (Wildman–Crippen LogP) is 1.18. The van der Waals surface area contributed by atoms with Crippen LogP contribution in [0.5, 0.6) is 0 Å². The van der Waals surface area contributed by atoms with Crippen molar-refractivity contribution in [2.45, 2.75) is 0 Å². The van der Waals surface area contributed by atoms with Crippen LogP contribution in [0.1, 0.15) is 0 Å². The first-order valence-corrected chi connectivity index (χ1v) is 6.06. The van der Waals surface area contributed by atoms with Crippen molar-refractivity contribution in [1.29, 1.82) is 0 Å². The molecule has 3 heterocycles. The first-order chi connectivity index (χ1) is 9.74. The van der Waals surface area contributed by atoms with Gasteiger partial charge in [-0.2, -0.15) is 15.2 Å². The molecule has 102 valence electrons. The van der Waals surface area contributed by atoms with Gasteiger partial charge in [0.05, 0.1) is 30.0 Å². The number of aromatic nitrogens is 6. The minimum Gasteiger partial charge on any atom is -0.386 e. The van der Waals surface area contributed by atoms with Crippen molar-refractivity contribution in [3.63, 3.8) is 0 Å². The van der Waals surface area contributed by atoms with Gasteiger partial charge in [0.25, 0.3) is 0 Å². The molecule has 3 aromatic rings. The molecule has 8 nitrogen and oxygen atoms in total. The van der Waals surface area contributed by atoms with Gasteiger partial charge in [0, 0.05) is 32.6 Å². The molecule has 20 heavy (non-hydrogen) atoms. The lowest BCUT2D eigenvalue weighted by Crippen LogP contribution is -2.02. The summed E-state index contributed by atoms with van der Waals surface area (Å²) in [5, 5.41) is 14.4. The average molecular weight is 270 g/mol. The third kappa shape index (κ3) is 2.44. The minimum absolute atomic E-state index is 0.497. The lowest BCUT2D eigenvalue weighted by Gasteiger charge is -2.04. The van der Waals surface area contributed by atoms with E-state index in [0.29, 0.717) is 11.8 Å². The van der Waals surface area contributed by atoms with Crippen molar-refractivity contribution in [2.75, 3.05) is 17.7 Å². The summed E-state index contributed by atoms with van der Waals surface area (Å²) in [6, 6.07) is 1.79. The van der Waals surface area contributed by atoms with Gasteiger partial charge in [0.2, 0.25) is 5.95 Å². The van der Waals surface area contributed by atoms with E-state index in [1.165, 1.54) is 0 Å². The molecule has 0 bridgehead atoms. The standard InChI is InChI=1S/C12H14N8/c1-13-9-5-16-20(8-9)11-3-4-14-12(18-11)17-10-6-15-19(2)7-10/h3-8,13H,1-2H3,(H,14,17,18). The first kappa shape index (κ1) is 12.2. The minimum atomic E-state index is 0.497. The number of hydrogen-bond donors (Lipinski definition) is 2. The molecule has 0 radical (unpaired) electrons. The van der Waals surface area contributed by atoms with Crippen LogP contribution in [0.4, 0.5) is 17.3 Å². The summed E-state index contributed by atoms with van der Waals surface area (Å²) >= 11 is 0. The van der Waals surface area contributed by atoms with Gasteiger partial charge in [-0.25, -0.2) is 9.67 Å². The second kappa shape index (κ2) is 5.00. The molecule has 2 N–H and O–H groups in total. The molecule has 0 saturated carbocycles. The van der Waals surface area contributed by atoms with E-state index in [1.54, 1.807) is 34.0 Å². The van der Waals surface area contributed by atoms with E-state index >= 15 is 0 Å². The Morgan fingerprint density at radius 3 is 2.65 bits per heavy atom. The number of anilines is 3. The number of aryl methyl sites for hydroxylation is 1. The summed E-state index contributed by atoms with van der Waals surface area (Å²) in [5.74, 6) is 1.19. The van der Waals surface area contributed by atoms with Crippen LogP contribution < -0.4 is 10.6 Å². The zero-order valence-corrected chi connectivity index (χ0v) is 11.1. The first-order valence-electron chi connectivity index (χ1n) is 6.06. The average Bonchev–Trinajstić information content (AvgIpc) is 3.08. The van der Waals surface area contributed by atoms with Gasteiger partial charge in [-0.15, -0.1) is 0 Å². The Kier molecular flexibility index (Phi) is 3.04. The maximum Gasteiger partial charge on any atom is 0.229 e. The van der Waals surface area contributed by atoms with Crippen LogP contribution >= 0.6 is 0 Å². The smallest absolute Gasteiger partial charge is 0.229 e. The van der Waals surface area contributed by atoms with Crippen LogP contribution in [-0.2, 0) is 7.05 Å². The second-order valence-electron chi connectivity index (χ2n) is 4.19. The molecule has 3 aromatic heterocycles. The molecule has 0 aliphatic rings. The van der Waals surface area contributed by atoms with E-state index in [4.69, 9.17) is 0 Å². The number of nitrogens with zero attached hydrogens (tertiary/aromatic N) is 6. The zero-order valence-electron chi connectivity index (χ0n) is 11.1. The van der Waals surface area contributed by atoms with Crippen molar-refractivity contribution >= 4 is 17.3 Å². The molecule has 0 saturated heterocycles. The third-order valence-electron chi connectivity index (χ3n) is 2.71. The third-order valence-corrected chi connectivity index (χ3v) is 2.71. The number of hydrogen-bond acceptors (Lipinski definition) is 6. The van der Waals surface area contributed by atoms with Crippen molar-refractivity contribution in [1.82, 2.24) is 29.5 Å². The van der Waals surface area contributed by atoms with Gasteiger partial charge in [-0.05, 0) is 0 Å². The van der Waals surface area contributed by atoms with E-state index in [0.717, 1.165) is 11.4 Å². The Labute approximate surface area is 115 Å². The second-order valence-corrected chi connectivity index (χ2v) is 4.19. The van der Waals surface area contributed by atoms with Crippen LogP contribution in [0.2, 0.25) is 0 Å². The summed E-state index contributed by atoms with van der Waals surface area (Å²) in [6.45, 7) is 0. The van der Waals surface area contributed by atoms with E-state index in [-0.39, 0.29) is 0 Å². The molecule has 0 aliphatic heterocycles. The van der Waals surface area contributed by atoms with Crippen molar-refractivity contribution in [2.24, 2.45) is 7.05 Å². The zero-order chi connectivity index (χ0) is 13.9. The Balaban J connectivity index is 1.85. The fraction of sp³-hybridized carbons (Fsp3) is 0.167. The normalized spacial score (nSPS) is 10.5. The van der Waals surface area contributed by atoms with Crippen molar-refractivity contribution in [3.8, 4) is 5.82 Å². The highest BCUT2D eigenvalue weighted by Crippen LogP contribution is 2.13. The predicted molar refractivity (Wildman–Crippen MR) is 75.2 cm³/mol. The highest BCUT2D eigenvalue weighted by atomic mass is 15.3. The van der Waals surface area contributed by atoms with Crippen LogP contribution in [0.25, 0.3) is 5.82 Å². The topological polar surface area (TPSA) is 85.5 Å². The van der Waals surface area contributed by atoms with Gasteiger partial charge in [-0.3, -0.25) is 4.68 Å². The number of nitrogens with one attached hydrogen (secondary N) is 2. The van der Waals surface area contributed by atoms with Gasteiger partial charge in [0.15, 0.2) is 5.82 Å². The quantitative estimate of drug-likeness (QED) is 0.740. The molecule has 0 spiro atoms. The van der Waals surface area contributed by atoms with Crippen LogP contribution in [-0.4, -0.2) is 36.6 Å². The summed E-state index contributed by atoms with van der Waals surface area (Å²) in [5.41, 5.74) is 1.76. The fourth-order valence-electron chi connectivity index (χ4n) is 1.73. The van der Waals surface area contributed by atoms with Crippen molar-refractivity contribution in [3.05, 3.63) is 37.1 Å². The highest BCUT2D eigenvalue weighted by Gasteiger charge is 2.04. The Hall–Kier alpha value is -2.90. The molecular formula is C12H14N8. The molecule has 0 aliphatic carbocycles. The molecule has 0 aromatic carbocycles. The molecule has 0 unspecified atom stereocenters. The lowest BCUT2D eigenvalue weighted by molar-refractivity contribution is 0.768. The summed E-state index contributed by atoms with van der Waals surface area (Å²) in [4.78, 5) is 8.59. The summed E-state index contributed by atoms with van der Waals surface area (Å²) in [6.07, 6.45) is 8.83.